The second kappa shape index (κ2) is 10.4. The predicted octanol–water partition coefficient (Wildman–Crippen LogP) is 2.17. The molecule has 28 heavy (non-hydrogen) atoms. The van der Waals surface area contributed by atoms with E-state index in [9.17, 15) is 18.4 Å². The van der Waals surface area contributed by atoms with E-state index in [1.807, 2.05) is 30.3 Å². The van der Waals surface area contributed by atoms with Gasteiger partial charge in [0.15, 0.2) is 0 Å². The summed E-state index contributed by atoms with van der Waals surface area (Å²) in [5.41, 5.74) is 1.70. The second-order valence-electron chi connectivity index (χ2n) is 6.10. The molecule has 2 rings (SSSR count). The van der Waals surface area contributed by atoms with Crippen LogP contribution in [0.2, 0.25) is 0 Å². The molecule has 0 saturated carbocycles. The minimum absolute atomic E-state index is 0.00232. The van der Waals surface area contributed by atoms with Gasteiger partial charge in [-0.3, -0.25) is 14.9 Å². The van der Waals surface area contributed by atoms with E-state index < -0.39 is 6.61 Å². The maximum atomic E-state index is 12.3. The third kappa shape index (κ3) is 6.31. The van der Waals surface area contributed by atoms with Crippen molar-refractivity contribution in [3.8, 4) is 5.75 Å². The maximum Gasteiger partial charge on any atom is 0.387 e. The molecule has 0 aliphatic rings. The lowest BCUT2D eigenvalue weighted by atomic mass is 9.98. The molecule has 150 valence electrons. The maximum absolute atomic E-state index is 12.3. The van der Waals surface area contributed by atoms with E-state index in [-0.39, 0.29) is 36.7 Å². The summed E-state index contributed by atoms with van der Waals surface area (Å²) in [6.07, 6.45) is 0. The minimum atomic E-state index is -2.89. The van der Waals surface area contributed by atoms with Gasteiger partial charge in [-0.2, -0.15) is 8.78 Å². The Morgan fingerprint density at radius 3 is 2.21 bits per heavy atom. The van der Waals surface area contributed by atoms with Crippen molar-refractivity contribution in [2.45, 2.75) is 12.7 Å². The van der Waals surface area contributed by atoms with Crippen molar-refractivity contribution >= 4 is 11.8 Å². The number of hydrogen-bond donors (Lipinski definition) is 2. The van der Waals surface area contributed by atoms with E-state index >= 15 is 0 Å². The van der Waals surface area contributed by atoms with E-state index in [1.165, 1.54) is 24.1 Å². The SMILES string of the molecule is CNC(=O)CN(C)C(=O)CN[C@H](c1ccccc1)c1ccc(OC(F)F)cc1. The van der Waals surface area contributed by atoms with Crippen LogP contribution in [-0.4, -0.2) is 50.5 Å². The first-order chi connectivity index (χ1) is 13.4. The molecular formula is C20H23F2N3O3. The number of benzene rings is 2. The molecule has 0 aliphatic carbocycles. The molecule has 6 nitrogen and oxygen atoms in total. The number of hydrogen-bond acceptors (Lipinski definition) is 4. The fraction of sp³-hybridized carbons (Fsp3) is 0.300. The molecule has 0 spiro atoms. The van der Waals surface area contributed by atoms with Crippen molar-refractivity contribution in [3.05, 3.63) is 65.7 Å². The largest absolute Gasteiger partial charge is 0.435 e. The van der Waals surface area contributed by atoms with Crippen molar-refractivity contribution in [1.82, 2.24) is 15.5 Å². The summed E-state index contributed by atoms with van der Waals surface area (Å²) in [4.78, 5) is 25.1. The summed E-state index contributed by atoms with van der Waals surface area (Å²) in [5, 5.41) is 5.64. The van der Waals surface area contributed by atoms with Crippen LogP contribution < -0.4 is 15.4 Å². The molecule has 2 N–H and O–H groups in total. The van der Waals surface area contributed by atoms with Gasteiger partial charge in [0.1, 0.15) is 5.75 Å². The minimum Gasteiger partial charge on any atom is -0.435 e. The predicted molar refractivity (Wildman–Crippen MR) is 101 cm³/mol. The Morgan fingerprint density at radius 1 is 1.04 bits per heavy atom. The number of rotatable bonds is 9. The van der Waals surface area contributed by atoms with Gasteiger partial charge in [-0.15, -0.1) is 0 Å². The summed E-state index contributed by atoms with van der Waals surface area (Å²) in [5.74, 6) is -0.445. The Balaban J connectivity index is 2.12. The summed E-state index contributed by atoms with van der Waals surface area (Å²) < 4.78 is 29.1. The molecule has 2 aromatic carbocycles. The van der Waals surface area contributed by atoms with Gasteiger partial charge in [0.2, 0.25) is 11.8 Å². The number of nitrogens with zero attached hydrogens (tertiary/aromatic N) is 1. The number of likely N-dealkylation sites (N-methyl/N-ethyl adjacent to an activating group) is 2. The zero-order chi connectivity index (χ0) is 20.5. The molecule has 0 saturated heterocycles. The lowest BCUT2D eigenvalue weighted by molar-refractivity contribution is -0.133. The van der Waals surface area contributed by atoms with Crippen molar-refractivity contribution in [2.24, 2.45) is 0 Å². The van der Waals surface area contributed by atoms with Crippen LogP contribution in [0.1, 0.15) is 17.2 Å². The Hall–Kier alpha value is -3.00. The van der Waals surface area contributed by atoms with Crippen LogP contribution >= 0.6 is 0 Å². The highest BCUT2D eigenvalue weighted by Gasteiger charge is 2.18. The molecule has 2 aromatic rings. The molecule has 8 heteroatoms. The van der Waals surface area contributed by atoms with Crippen LogP contribution in [0, 0.1) is 0 Å². The molecule has 2 amide bonds. The quantitative estimate of drug-likeness (QED) is 0.687. The highest BCUT2D eigenvalue weighted by Crippen LogP contribution is 2.24. The summed E-state index contributed by atoms with van der Waals surface area (Å²) in [7, 11) is 3.05. The lowest BCUT2D eigenvalue weighted by Gasteiger charge is -2.22. The Morgan fingerprint density at radius 2 is 1.64 bits per heavy atom. The van der Waals surface area contributed by atoms with Crippen LogP contribution in [0.15, 0.2) is 54.6 Å². The Labute approximate surface area is 162 Å². The molecule has 0 radical (unpaired) electrons. The zero-order valence-corrected chi connectivity index (χ0v) is 15.7. The van der Waals surface area contributed by atoms with Crippen molar-refractivity contribution in [3.63, 3.8) is 0 Å². The highest BCUT2D eigenvalue weighted by molar-refractivity contribution is 5.85. The average Bonchev–Trinajstić information content (AvgIpc) is 2.69. The van der Waals surface area contributed by atoms with Crippen molar-refractivity contribution < 1.29 is 23.1 Å². The summed E-state index contributed by atoms with van der Waals surface area (Å²) in [6.45, 7) is -2.92. The molecule has 0 heterocycles. The molecule has 0 aliphatic heterocycles. The first-order valence-electron chi connectivity index (χ1n) is 8.68. The van der Waals surface area contributed by atoms with Gasteiger partial charge in [-0.05, 0) is 23.3 Å². The van der Waals surface area contributed by atoms with Crippen molar-refractivity contribution in [1.29, 1.82) is 0 Å². The molecule has 0 fully saturated rings. The molecule has 0 bridgehead atoms. The monoisotopic (exact) mass is 391 g/mol. The standard InChI is InChI=1S/C20H23F2N3O3/c1-23-17(26)13-25(2)18(27)12-24-19(14-6-4-3-5-7-14)15-8-10-16(11-9-15)28-20(21)22/h3-11,19-20,24H,12-13H2,1-2H3,(H,23,26)/t19-/m1/s1. The number of nitrogens with one attached hydrogen (secondary N) is 2. The van der Waals surface area contributed by atoms with Gasteiger partial charge in [0, 0.05) is 14.1 Å². The number of carbonyl (C=O) groups excluding carboxylic acids is 2. The van der Waals surface area contributed by atoms with E-state index in [2.05, 4.69) is 15.4 Å². The van der Waals surface area contributed by atoms with E-state index in [1.54, 1.807) is 19.2 Å². The van der Waals surface area contributed by atoms with Crippen molar-refractivity contribution in [2.75, 3.05) is 27.2 Å². The van der Waals surface area contributed by atoms with Crippen LogP contribution in [0.3, 0.4) is 0 Å². The Bertz CT molecular complexity index is 770. The number of amides is 2. The fourth-order valence-corrected chi connectivity index (χ4v) is 2.62. The third-order valence-corrected chi connectivity index (χ3v) is 4.11. The van der Waals surface area contributed by atoms with Crippen LogP contribution in [0.25, 0.3) is 0 Å². The lowest BCUT2D eigenvalue weighted by Crippen LogP contribution is -2.42. The van der Waals surface area contributed by atoms with Gasteiger partial charge in [0.25, 0.3) is 0 Å². The number of halogens is 2. The summed E-state index contributed by atoms with van der Waals surface area (Å²) >= 11 is 0. The normalized spacial score (nSPS) is 11.8. The van der Waals surface area contributed by atoms with E-state index in [4.69, 9.17) is 0 Å². The van der Waals surface area contributed by atoms with Crippen LogP contribution in [0.4, 0.5) is 8.78 Å². The summed E-state index contributed by atoms with van der Waals surface area (Å²) in [6, 6.07) is 15.3. The van der Waals surface area contributed by atoms with Gasteiger partial charge in [-0.1, -0.05) is 42.5 Å². The van der Waals surface area contributed by atoms with Gasteiger partial charge in [0.05, 0.1) is 19.1 Å². The fourth-order valence-electron chi connectivity index (χ4n) is 2.62. The van der Waals surface area contributed by atoms with Crippen LogP contribution in [-0.2, 0) is 9.59 Å². The molecule has 1 atom stereocenters. The van der Waals surface area contributed by atoms with Gasteiger partial charge in [-0.25, -0.2) is 0 Å². The highest BCUT2D eigenvalue weighted by atomic mass is 19.3. The number of alkyl halides is 2. The topological polar surface area (TPSA) is 70.7 Å². The molecular weight excluding hydrogens is 368 g/mol. The second-order valence-corrected chi connectivity index (χ2v) is 6.10. The first-order valence-corrected chi connectivity index (χ1v) is 8.68. The smallest absolute Gasteiger partial charge is 0.387 e. The third-order valence-electron chi connectivity index (χ3n) is 4.11. The average molecular weight is 391 g/mol. The molecule has 0 aromatic heterocycles. The number of ether oxygens (including phenoxy) is 1. The van der Waals surface area contributed by atoms with E-state index in [0.717, 1.165) is 11.1 Å². The Kier molecular flexibility index (Phi) is 7.88. The first kappa shape index (κ1) is 21.3. The van der Waals surface area contributed by atoms with Gasteiger partial charge < -0.3 is 15.0 Å². The van der Waals surface area contributed by atoms with Gasteiger partial charge >= 0.3 is 6.61 Å². The number of carbonyl (C=O) groups is 2. The van der Waals surface area contributed by atoms with Crippen LogP contribution in [0.5, 0.6) is 5.75 Å². The van der Waals surface area contributed by atoms with E-state index in [0.29, 0.717) is 0 Å². The zero-order valence-electron chi connectivity index (χ0n) is 15.7. The molecule has 0 unspecified atom stereocenters.